The smallest absolute Gasteiger partial charge is 0.387 e. The Balaban J connectivity index is 0.00000400. The van der Waals surface area contributed by atoms with Gasteiger partial charge in [-0.1, -0.05) is 18.2 Å². The highest BCUT2D eigenvalue weighted by atomic mass is 127. The Morgan fingerprint density at radius 2 is 2.05 bits per heavy atom. The lowest BCUT2D eigenvalue weighted by atomic mass is 10.2. The van der Waals surface area contributed by atoms with Gasteiger partial charge in [0.05, 0.1) is 13.2 Å². The van der Waals surface area contributed by atoms with E-state index >= 15 is 0 Å². The number of hydrogen-bond donors (Lipinski definition) is 3. The minimum atomic E-state index is -2.86. The maximum atomic E-state index is 12.3. The molecule has 1 aromatic rings. The number of para-hydroxylation sites is 1. The molecule has 0 unspecified atom stereocenters. The number of benzene rings is 1. The third-order valence-electron chi connectivity index (χ3n) is 2.34. The second kappa shape index (κ2) is 11.5. The first-order valence-electron chi connectivity index (χ1n) is 6.33. The average molecular weight is 415 g/mol. The zero-order chi connectivity index (χ0) is 14.8. The van der Waals surface area contributed by atoms with E-state index < -0.39 is 6.61 Å². The van der Waals surface area contributed by atoms with Gasteiger partial charge in [0.25, 0.3) is 0 Å². The summed E-state index contributed by atoms with van der Waals surface area (Å²) in [6.45, 7) is 0.247. The predicted molar refractivity (Wildman–Crippen MR) is 88.4 cm³/mol. The number of guanidine groups is 1. The number of nitrogens with zero attached hydrogens (tertiary/aromatic N) is 1. The van der Waals surface area contributed by atoms with E-state index in [0.717, 1.165) is 0 Å². The van der Waals surface area contributed by atoms with Gasteiger partial charge in [-0.15, -0.1) is 24.0 Å². The fourth-order valence-corrected chi connectivity index (χ4v) is 1.53. The fourth-order valence-electron chi connectivity index (χ4n) is 1.53. The van der Waals surface area contributed by atoms with Crippen molar-refractivity contribution < 1.29 is 18.6 Å². The van der Waals surface area contributed by atoms with Gasteiger partial charge in [0.2, 0.25) is 0 Å². The van der Waals surface area contributed by atoms with Crippen molar-refractivity contribution in [3.63, 3.8) is 0 Å². The molecule has 0 fully saturated rings. The molecule has 1 rings (SSSR count). The highest BCUT2D eigenvalue weighted by Crippen LogP contribution is 2.20. The zero-order valence-electron chi connectivity index (χ0n) is 11.7. The van der Waals surface area contributed by atoms with Crippen molar-refractivity contribution in [1.29, 1.82) is 0 Å². The van der Waals surface area contributed by atoms with Crippen LogP contribution in [0.25, 0.3) is 0 Å². The zero-order valence-corrected chi connectivity index (χ0v) is 14.0. The molecule has 0 radical (unpaired) electrons. The standard InChI is InChI=1S/C13H19F2N3O2.HI/c1-2-16-13(17-7-8-19)18-9-10-5-3-4-6-11(10)20-12(14)15;/h3-6,12,19H,2,7-9H2,1H3,(H2,16,17,18);1H. The molecule has 8 heteroatoms. The van der Waals surface area contributed by atoms with Crippen molar-refractivity contribution in [3.05, 3.63) is 29.8 Å². The number of halogens is 3. The van der Waals surface area contributed by atoms with Gasteiger partial charge in [-0.05, 0) is 13.0 Å². The van der Waals surface area contributed by atoms with Crippen LogP contribution in [0.4, 0.5) is 8.78 Å². The number of hydrogen-bond acceptors (Lipinski definition) is 3. The molecule has 21 heavy (non-hydrogen) atoms. The van der Waals surface area contributed by atoms with E-state index in [2.05, 4.69) is 20.4 Å². The maximum Gasteiger partial charge on any atom is 0.387 e. The first kappa shape index (κ1) is 19.8. The summed E-state index contributed by atoms with van der Waals surface area (Å²) in [6, 6.07) is 6.51. The molecule has 0 heterocycles. The summed E-state index contributed by atoms with van der Waals surface area (Å²) in [4.78, 5) is 4.25. The van der Waals surface area contributed by atoms with Crippen LogP contribution in [0, 0.1) is 0 Å². The van der Waals surface area contributed by atoms with E-state index in [0.29, 0.717) is 24.6 Å². The molecule has 0 amide bonds. The molecule has 0 aliphatic rings. The van der Waals surface area contributed by atoms with Crippen LogP contribution < -0.4 is 15.4 Å². The largest absolute Gasteiger partial charge is 0.434 e. The highest BCUT2D eigenvalue weighted by Gasteiger charge is 2.08. The lowest BCUT2D eigenvalue weighted by molar-refractivity contribution is -0.0504. The summed E-state index contributed by atoms with van der Waals surface area (Å²) in [5, 5.41) is 14.7. The Morgan fingerprint density at radius 1 is 1.33 bits per heavy atom. The van der Waals surface area contributed by atoms with Gasteiger partial charge in [0.1, 0.15) is 5.75 Å². The van der Waals surface area contributed by atoms with Gasteiger partial charge in [0, 0.05) is 18.7 Å². The van der Waals surface area contributed by atoms with Crippen LogP contribution >= 0.6 is 24.0 Å². The molecule has 0 aliphatic heterocycles. The number of alkyl halides is 2. The molecule has 0 bridgehead atoms. The minimum absolute atomic E-state index is 0. The van der Waals surface area contributed by atoms with Crippen molar-refractivity contribution in [1.82, 2.24) is 10.6 Å². The summed E-state index contributed by atoms with van der Waals surface area (Å²) in [7, 11) is 0. The van der Waals surface area contributed by atoms with E-state index in [1.165, 1.54) is 6.07 Å². The third-order valence-corrected chi connectivity index (χ3v) is 2.34. The second-order valence-electron chi connectivity index (χ2n) is 3.83. The number of rotatable bonds is 7. The lowest BCUT2D eigenvalue weighted by Gasteiger charge is -2.12. The molecule has 0 aliphatic carbocycles. The monoisotopic (exact) mass is 415 g/mol. The summed E-state index contributed by atoms with van der Waals surface area (Å²) in [5.41, 5.74) is 0.564. The summed E-state index contributed by atoms with van der Waals surface area (Å²) in [5.74, 6) is 0.623. The Labute approximate surface area is 139 Å². The van der Waals surface area contributed by atoms with Gasteiger partial charge in [-0.2, -0.15) is 8.78 Å². The third kappa shape index (κ3) is 8.00. The molecule has 3 N–H and O–H groups in total. The van der Waals surface area contributed by atoms with E-state index in [1.54, 1.807) is 18.2 Å². The number of aliphatic imine (C=N–C) groups is 1. The number of aliphatic hydroxyl groups excluding tert-OH is 1. The molecular weight excluding hydrogens is 395 g/mol. The molecule has 0 saturated carbocycles. The Bertz CT molecular complexity index is 434. The lowest BCUT2D eigenvalue weighted by Crippen LogP contribution is -2.38. The van der Waals surface area contributed by atoms with E-state index in [9.17, 15) is 8.78 Å². The second-order valence-corrected chi connectivity index (χ2v) is 3.83. The summed E-state index contributed by atoms with van der Waals surface area (Å²) >= 11 is 0. The number of ether oxygens (including phenoxy) is 1. The van der Waals surface area contributed by atoms with Crippen molar-refractivity contribution in [2.24, 2.45) is 4.99 Å². The van der Waals surface area contributed by atoms with E-state index in [1.807, 2.05) is 6.92 Å². The average Bonchev–Trinajstić information content (AvgIpc) is 2.42. The van der Waals surface area contributed by atoms with Crippen molar-refractivity contribution in [3.8, 4) is 5.75 Å². The number of aliphatic hydroxyl groups is 1. The van der Waals surface area contributed by atoms with Crippen LogP contribution in [-0.4, -0.2) is 37.4 Å². The molecule has 120 valence electrons. The Morgan fingerprint density at radius 3 is 2.67 bits per heavy atom. The van der Waals surface area contributed by atoms with E-state index in [4.69, 9.17) is 5.11 Å². The predicted octanol–water partition coefficient (Wildman–Crippen LogP) is 1.95. The maximum absolute atomic E-state index is 12.3. The van der Waals surface area contributed by atoms with Crippen LogP contribution in [0.2, 0.25) is 0 Å². The Kier molecular flexibility index (Phi) is 10.9. The minimum Gasteiger partial charge on any atom is -0.434 e. The molecule has 1 aromatic carbocycles. The molecule has 0 spiro atoms. The molecule has 0 aromatic heterocycles. The first-order chi connectivity index (χ1) is 9.67. The quantitative estimate of drug-likeness (QED) is 0.362. The van der Waals surface area contributed by atoms with Gasteiger partial charge < -0.3 is 20.5 Å². The SMILES string of the molecule is CCNC(=NCc1ccccc1OC(F)F)NCCO.I. The van der Waals surface area contributed by atoms with Gasteiger partial charge in [0.15, 0.2) is 5.96 Å². The van der Waals surface area contributed by atoms with Crippen molar-refractivity contribution in [2.45, 2.75) is 20.1 Å². The highest BCUT2D eigenvalue weighted by molar-refractivity contribution is 14.0. The van der Waals surface area contributed by atoms with Crippen LogP contribution in [-0.2, 0) is 6.54 Å². The topological polar surface area (TPSA) is 65.9 Å². The van der Waals surface area contributed by atoms with Crippen LogP contribution in [0.5, 0.6) is 5.75 Å². The Hall–Kier alpha value is -1.16. The van der Waals surface area contributed by atoms with Gasteiger partial charge in [-0.25, -0.2) is 4.99 Å². The number of nitrogens with one attached hydrogen (secondary N) is 2. The molecule has 5 nitrogen and oxygen atoms in total. The van der Waals surface area contributed by atoms with Crippen molar-refractivity contribution >= 4 is 29.9 Å². The first-order valence-corrected chi connectivity index (χ1v) is 6.33. The van der Waals surface area contributed by atoms with Crippen LogP contribution in [0.3, 0.4) is 0 Å². The molecule has 0 saturated heterocycles. The van der Waals surface area contributed by atoms with Gasteiger partial charge in [-0.3, -0.25) is 0 Å². The molecule has 0 atom stereocenters. The fraction of sp³-hybridized carbons (Fsp3) is 0.462. The van der Waals surface area contributed by atoms with Crippen LogP contribution in [0.15, 0.2) is 29.3 Å². The van der Waals surface area contributed by atoms with Crippen molar-refractivity contribution in [2.75, 3.05) is 19.7 Å². The van der Waals surface area contributed by atoms with Gasteiger partial charge >= 0.3 is 6.61 Å². The molecular formula is C13H20F2IN3O2. The normalized spacial score (nSPS) is 11.0. The van der Waals surface area contributed by atoms with E-state index in [-0.39, 0.29) is 42.9 Å². The van der Waals surface area contributed by atoms with Crippen LogP contribution in [0.1, 0.15) is 12.5 Å². The summed E-state index contributed by atoms with van der Waals surface area (Å²) in [6.07, 6.45) is 0. The summed E-state index contributed by atoms with van der Waals surface area (Å²) < 4.78 is 29.0.